The lowest BCUT2D eigenvalue weighted by molar-refractivity contribution is -0.138. The van der Waals surface area contributed by atoms with Crippen molar-refractivity contribution >= 4 is 127 Å². The molecule has 82 heavy (non-hydrogen) atoms. The Morgan fingerprint density at radius 2 is 0.854 bits per heavy atom. The van der Waals surface area contributed by atoms with Crippen LogP contribution in [0.4, 0.5) is 60.5 Å². The summed E-state index contributed by atoms with van der Waals surface area (Å²) in [6.45, 7) is 3.65. The number of aryl methyl sites for hydroxylation is 1. The molecule has 0 fully saturated rings. The van der Waals surface area contributed by atoms with Crippen molar-refractivity contribution < 1.29 is 64.6 Å². The zero-order valence-electron chi connectivity index (χ0n) is 42.1. The highest BCUT2D eigenvalue weighted by Gasteiger charge is 2.33. The molecular weight excluding hydrogens is 1190 g/mol. The number of carbonyl (C=O) groups is 6. The summed E-state index contributed by atoms with van der Waals surface area (Å²) in [5.41, 5.74) is -3.36. The van der Waals surface area contributed by atoms with Crippen LogP contribution in [0.15, 0.2) is 154 Å². The molecule has 0 aliphatic rings. The molecule has 2 unspecified atom stereocenters. The van der Waals surface area contributed by atoms with Gasteiger partial charge in [-0.1, -0.05) is 58.0 Å². The topological polar surface area (TPSA) is 218 Å². The zero-order chi connectivity index (χ0) is 59.8. The van der Waals surface area contributed by atoms with E-state index in [2.05, 4.69) is 41.7 Å². The van der Waals surface area contributed by atoms with Crippen LogP contribution in [0.5, 0.6) is 23.0 Å². The molecular formula is C55H37Cl5F6N8O8. The fourth-order valence-electron chi connectivity index (χ4n) is 7.15. The number of carbonyl (C=O) groups excluding carboxylic acids is 6. The summed E-state index contributed by atoms with van der Waals surface area (Å²) in [6.07, 6.45) is -9.57. The highest BCUT2D eigenvalue weighted by atomic mass is 35.5. The molecule has 16 nitrogen and oxygen atoms in total. The van der Waals surface area contributed by atoms with Gasteiger partial charge in [0, 0.05) is 26.9 Å². The maximum Gasteiger partial charge on any atom is 0.416 e. The van der Waals surface area contributed by atoms with Crippen LogP contribution in [0.2, 0.25) is 25.1 Å². The molecule has 0 aromatic heterocycles. The molecule has 4 amide bonds. The molecule has 0 radical (unpaired) electrons. The van der Waals surface area contributed by atoms with E-state index in [-0.39, 0.29) is 83.3 Å². The fraction of sp³-hybridized carbons (Fsp3) is 0.127. The molecule has 4 N–H and O–H groups in total. The van der Waals surface area contributed by atoms with Crippen LogP contribution < -0.4 is 30.7 Å². The third-order valence-corrected chi connectivity index (χ3v) is 12.8. The molecule has 7 aromatic rings. The van der Waals surface area contributed by atoms with Gasteiger partial charge in [-0.3, -0.25) is 28.8 Å². The standard InChI is InChI=1S/C55H37Cl5F6N8O8/c1-26-20-41(68-49(28(3)76)53(80)74-72-43-22-30(5-17-38(43)59)51(78)70-45-24-32(55(64,65)66)7-19-47(45)82-36-14-10-34(57)11-15-36)39(60)25-40(26)67-48(27(2)75)52(79)73-71-42-21-29(4-16-37(42)58)50(77)69-44-23-31(54(61,62)63)6-18-46(44)81-35-12-8-33(56)9-13-35/h4-25,48-49,67-68H,1-3H3,(H,69,77)(H,70,78)/b73-71+,74-72+. The summed E-state index contributed by atoms with van der Waals surface area (Å²) in [5, 5.41) is 25.5. The van der Waals surface area contributed by atoms with Crippen LogP contribution >= 0.6 is 58.0 Å². The van der Waals surface area contributed by atoms with Gasteiger partial charge in [0.2, 0.25) is 0 Å². The van der Waals surface area contributed by atoms with Crippen LogP contribution in [0.3, 0.4) is 0 Å². The van der Waals surface area contributed by atoms with Crippen LogP contribution in [0.1, 0.15) is 51.3 Å². The average molecular weight is 1230 g/mol. The number of alkyl halides is 6. The SMILES string of the molecule is CC(=O)C(Nc1cc(Cl)c(NC(C(C)=O)C(=O)/N=N/c2cc(C(=O)Nc3cc(C(F)(F)F)ccc3Oc3ccc(Cl)cc3)ccc2Cl)cc1C)C(=O)/N=N/c1cc(C(=O)Nc2cc(C(F)(F)F)ccc2Oc2ccc(Cl)cc2)ccc1Cl. The monoisotopic (exact) mass is 1230 g/mol. The Hall–Kier alpha value is -8.41. The number of anilines is 4. The predicted molar refractivity (Wildman–Crippen MR) is 296 cm³/mol. The Balaban J connectivity index is 1.02. The number of hydrogen-bond acceptors (Lipinski definition) is 12. The van der Waals surface area contributed by atoms with Gasteiger partial charge < -0.3 is 30.7 Å². The van der Waals surface area contributed by atoms with Crippen molar-refractivity contribution in [3.05, 3.63) is 186 Å². The van der Waals surface area contributed by atoms with Gasteiger partial charge in [0.25, 0.3) is 23.6 Å². The number of rotatable bonds is 18. The first-order valence-electron chi connectivity index (χ1n) is 23.4. The van der Waals surface area contributed by atoms with E-state index in [1.807, 2.05) is 0 Å². The number of benzene rings is 7. The lowest BCUT2D eigenvalue weighted by atomic mass is 10.1. The lowest BCUT2D eigenvalue weighted by Gasteiger charge is -2.19. The number of nitrogens with one attached hydrogen (secondary N) is 4. The summed E-state index contributed by atoms with van der Waals surface area (Å²) in [4.78, 5) is 79.5. The molecule has 7 aromatic carbocycles. The molecule has 2 atom stereocenters. The second-order valence-corrected chi connectivity index (χ2v) is 19.5. The summed E-state index contributed by atoms with van der Waals surface area (Å²) >= 11 is 31.1. The van der Waals surface area contributed by atoms with Crippen molar-refractivity contribution in [2.24, 2.45) is 20.5 Å². The molecule has 0 bridgehead atoms. The van der Waals surface area contributed by atoms with Gasteiger partial charge in [0.1, 0.15) is 22.9 Å². The van der Waals surface area contributed by atoms with Gasteiger partial charge in [0.05, 0.1) is 43.3 Å². The number of nitrogens with zero attached hydrogens (tertiary/aromatic N) is 4. The first kappa shape index (κ1) is 61.2. The molecule has 0 saturated carbocycles. The van der Waals surface area contributed by atoms with Crippen LogP contribution in [0, 0.1) is 6.92 Å². The first-order valence-corrected chi connectivity index (χ1v) is 25.3. The maximum atomic E-state index is 13.7. The number of azo groups is 2. The van der Waals surface area contributed by atoms with E-state index in [0.717, 1.165) is 50.2 Å². The van der Waals surface area contributed by atoms with Crippen molar-refractivity contribution in [2.75, 3.05) is 21.3 Å². The molecule has 0 saturated heterocycles. The molecule has 0 heterocycles. The molecule has 0 aliphatic carbocycles. The Morgan fingerprint density at radius 3 is 1.23 bits per heavy atom. The summed E-state index contributed by atoms with van der Waals surface area (Å²) in [6, 6.07) is 23.0. The van der Waals surface area contributed by atoms with E-state index >= 15 is 0 Å². The Bertz CT molecular complexity index is 3480. The Kier molecular flexibility index (Phi) is 19.4. The summed E-state index contributed by atoms with van der Waals surface area (Å²) in [7, 11) is 0. The highest BCUT2D eigenvalue weighted by Crippen LogP contribution is 2.40. The van der Waals surface area contributed by atoms with Gasteiger partial charge in [-0.25, -0.2) is 0 Å². The third kappa shape index (κ3) is 15.9. The quantitative estimate of drug-likeness (QED) is 0.0362. The summed E-state index contributed by atoms with van der Waals surface area (Å²) in [5.74, 6) is -5.60. The van der Waals surface area contributed by atoms with E-state index in [4.69, 9.17) is 67.5 Å². The fourth-order valence-corrected chi connectivity index (χ4v) is 7.93. The number of amides is 4. The van der Waals surface area contributed by atoms with Gasteiger partial charge >= 0.3 is 12.4 Å². The van der Waals surface area contributed by atoms with Crippen LogP contribution in [-0.4, -0.2) is 47.3 Å². The smallest absolute Gasteiger partial charge is 0.416 e. The van der Waals surface area contributed by atoms with Crippen LogP contribution in [0.25, 0.3) is 0 Å². The minimum Gasteiger partial charge on any atom is -0.455 e. The number of ether oxygens (including phenoxy) is 2. The van der Waals surface area contributed by atoms with E-state index in [1.54, 1.807) is 0 Å². The lowest BCUT2D eigenvalue weighted by Crippen LogP contribution is -2.36. The van der Waals surface area contributed by atoms with Crippen molar-refractivity contribution in [1.82, 2.24) is 0 Å². The zero-order valence-corrected chi connectivity index (χ0v) is 45.8. The normalized spacial score (nSPS) is 12.4. The average Bonchev–Trinajstić information content (AvgIpc) is 3.61. The Morgan fingerprint density at radius 1 is 0.463 bits per heavy atom. The van der Waals surface area contributed by atoms with Crippen molar-refractivity contribution in [2.45, 2.75) is 45.2 Å². The largest absolute Gasteiger partial charge is 0.455 e. The van der Waals surface area contributed by atoms with E-state index in [0.29, 0.717) is 27.7 Å². The highest BCUT2D eigenvalue weighted by molar-refractivity contribution is 6.34. The minimum absolute atomic E-state index is 0.00137. The van der Waals surface area contributed by atoms with Crippen molar-refractivity contribution in [3.63, 3.8) is 0 Å². The number of halogens is 11. The number of ketones is 2. The van der Waals surface area contributed by atoms with E-state index in [1.165, 1.54) is 91.9 Å². The van der Waals surface area contributed by atoms with Gasteiger partial charge in [-0.15, -0.1) is 20.5 Å². The molecule has 0 spiro atoms. The molecule has 27 heteroatoms. The van der Waals surface area contributed by atoms with Gasteiger partial charge in [-0.05, 0) is 160 Å². The van der Waals surface area contributed by atoms with E-state index < -0.39 is 70.8 Å². The van der Waals surface area contributed by atoms with Crippen LogP contribution in [-0.2, 0) is 31.5 Å². The van der Waals surface area contributed by atoms with Gasteiger partial charge in [-0.2, -0.15) is 26.3 Å². The second-order valence-electron chi connectivity index (χ2n) is 17.4. The number of hydrogen-bond donors (Lipinski definition) is 4. The van der Waals surface area contributed by atoms with Gasteiger partial charge in [0.15, 0.2) is 35.1 Å². The minimum atomic E-state index is -4.78. The summed E-state index contributed by atoms with van der Waals surface area (Å²) < 4.78 is 93.8. The molecule has 7 rings (SSSR count). The molecule has 422 valence electrons. The van der Waals surface area contributed by atoms with E-state index in [9.17, 15) is 55.1 Å². The number of Topliss-reactive ketones (excluding diaryl/α,β-unsaturated/α-hetero) is 2. The molecule has 0 aliphatic heterocycles. The Labute approximate surface area is 485 Å². The maximum absolute atomic E-state index is 13.7. The second kappa shape index (κ2) is 26.0. The van der Waals surface area contributed by atoms with Crippen molar-refractivity contribution in [1.29, 1.82) is 0 Å². The predicted octanol–water partition coefficient (Wildman–Crippen LogP) is 16.7. The van der Waals surface area contributed by atoms with Crippen molar-refractivity contribution in [3.8, 4) is 23.0 Å². The first-order chi connectivity index (χ1) is 38.6. The third-order valence-electron chi connectivity index (χ3n) is 11.3.